The molecule has 0 N–H and O–H groups in total. The summed E-state index contributed by atoms with van der Waals surface area (Å²) in [7, 11) is 0. The Balaban J connectivity index is 1.77. The van der Waals surface area contributed by atoms with Crippen LogP contribution in [-0.4, -0.2) is 10.8 Å². The number of nitro groups is 1. The van der Waals surface area contributed by atoms with Crippen LogP contribution in [0.3, 0.4) is 0 Å². The second kappa shape index (κ2) is 7.87. The summed E-state index contributed by atoms with van der Waals surface area (Å²) in [4.78, 5) is 15.5. The number of hydrogen-bond acceptors (Lipinski definition) is 4. The number of non-ortho nitro benzene ring substituents is 1. The van der Waals surface area contributed by atoms with Gasteiger partial charge in [0, 0.05) is 23.6 Å². The molecule has 0 fully saturated rings. The maximum atomic E-state index is 11.0. The van der Waals surface area contributed by atoms with Gasteiger partial charge in [-0.2, -0.15) is 0 Å². The fourth-order valence-electron chi connectivity index (χ4n) is 3.69. The van der Waals surface area contributed by atoms with E-state index in [1.807, 2.05) is 49.4 Å². The lowest BCUT2D eigenvalue weighted by Crippen LogP contribution is -2.28. The van der Waals surface area contributed by atoms with Gasteiger partial charge in [-0.15, -0.1) is 0 Å². The zero-order valence-electron chi connectivity index (χ0n) is 16.4. The fourth-order valence-corrected chi connectivity index (χ4v) is 3.69. The van der Waals surface area contributed by atoms with Gasteiger partial charge in [0.05, 0.1) is 11.0 Å². The molecule has 5 nitrogen and oxygen atoms in total. The lowest BCUT2D eigenvalue weighted by atomic mass is 9.85. The quantitative estimate of drug-likeness (QED) is 0.420. The van der Waals surface area contributed by atoms with Gasteiger partial charge in [-0.3, -0.25) is 10.1 Å². The van der Waals surface area contributed by atoms with Crippen molar-refractivity contribution < 1.29 is 9.66 Å². The van der Waals surface area contributed by atoms with Crippen molar-refractivity contribution in [3.63, 3.8) is 0 Å². The third-order valence-electron chi connectivity index (χ3n) is 5.34. The van der Waals surface area contributed by atoms with Crippen molar-refractivity contribution in [3.8, 4) is 0 Å². The van der Waals surface area contributed by atoms with Crippen LogP contribution in [0.2, 0.25) is 0 Å². The Hall–Kier alpha value is -3.47. The Morgan fingerprint density at radius 2 is 1.55 bits per heavy atom. The predicted octanol–water partition coefficient (Wildman–Crippen LogP) is 5.80. The molecule has 4 rings (SSSR count). The van der Waals surface area contributed by atoms with Crippen molar-refractivity contribution >= 4 is 11.6 Å². The summed E-state index contributed by atoms with van der Waals surface area (Å²) in [5.74, 6) is 0.661. The molecule has 1 aliphatic heterocycles. The van der Waals surface area contributed by atoms with Crippen molar-refractivity contribution in [1.29, 1.82) is 0 Å². The number of benzene rings is 3. The van der Waals surface area contributed by atoms with E-state index in [-0.39, 0.29) is 28.7 Å². The zero-order valence-corrected chi connectivity index (χ0v) is 16.4. The van der Waals surface area contributed by atoms with Crippen LogP contribution in [0.4, 0.5) is 5.69 Å². The van der Waals surface area contributed by atoms with E-state index >= 15 is 0 Å². The van der Waals surface area contributed by atoms with E-state index in [0.717, 1.165) is 16.7 Å². The van der Waals surface area contributed by atoms with E-state index in [4.69, 9.17) is 9.73 Å². The maximum Gasteiger partial charge on any atom is 0.269 e. The van der Waals surface area contributed by atoms with Crippen LogP contribution >= 0.6 is 0 Å². The molecule has 146 valence electrons. The summed E-state index contributed by atoms with van der Waals surface area (Å²) in [5, 5.41) is 11.0. The summed E-state index contributed by atoms with van der Waals surface area (Å²) < 4.78 is 6.37. The number of aryl methyl sites for hydroxylation is 1. The predicted molar refractivity (Wildman–Crippen MR) is 113 cm³/mol. The molecule has 0 bridgehead atoms. The summed E-state index contributed by atoms with van der Waals surface area (Å²) in [6.07, 6.45) is -0.162. The SMILES string of the molecule is Cc1ccc(C2=N[C@H](c3ccc([N+](=O)[O-])cc3)[C@H](C)[C@@H](c3ccccc3)O2)cc1. The number of aliphatic imine (C=N–C) groups is 1. The molecule has 1 heterocycles. The highest BCUT2D eigenvalue weighted by Crippen LogP contribution is 2.42. The largest absolute Gasteiger partial charge is 0.469 e. The van der Waals surface area contributed by atoms with Crippen molar-refractivity contribution in [1.82, 2.24) is 0 Å². The van der Waals surface area contributed by atoms with Crippen LogP contribution in [0.15, 0.2) is 83.9 Å². The molecular formula is C24H22N2O3. The van der Waals surface area contributed by atoms with Crippen LogP contribution in [0, 0.1) is 23.0 Å². The Kier molecular flexibility index (Phi) is 5.12. The fraction of sp³-hybridized carbons (Fsp3) is 0.208. The van der Waals surface area contributed by atoms with Crippen LogP contribution in [-0.2, 0) is 4.74 Å². The molecule has 0 saturated heterocycles. The smallest absolute Gasteiger partial charge is 0.269 e. The molecule has 0 saturated carbocycles. The van der Waals surface area contributed by atoms with Gasteiger partial charge >= 0.3 is 0 Å². The molecule has 0 aromatic heterocycles. The van der Waals surface area contributed by atoms with Gasteiger partial charge in [-0.1, -0.05) is 67.1 Å². The Bertz CT molecular complexity index is 1030. The molecule has 0 spiro atoms. The number of rotatable bonds is 4. The highest BCUT2D eigenvalue weighted by Gasteiger charge is 2.35. The number of nitrogens with zero attached hydrogens (tertiary/aromatic N) is 2. The second-order valence-electron chi connectivity index (χ2n) is 7.40. The van der Waals surface area contributed by atoms with E-state index in [1.165, 1.54) is 17.7 Å². The van der Waals surface area contributed by atoms with Gasteiger partial charge in [-0.05, 0) is 30.2 Å². The highest BCUT2D eigenvalue weighted by molar-refractivity contribution is 5.95. The topological polar surface area (TPSA) is 64.7 Å². The van der Waals surface area contributed by atoms with Crippen molar-refractivity contribution in [2.24, 2.45) is 10.9 Å². The Morgan fingerprint density at radius 3 is 2.17 bits per heavy atom. The minimum atomic E-state index is -0.384. The molecule has 0 radical (unpaired) electrons. The standard InChI is InChI=1S/C24H22N2O3/c1-16-8-10-20(11-9-16)24-25-22(18-12-14-21(15-13-18)26(27)28)17(2)23(29-24)19-6-4-3-5-7-19/h3-15,17,22-23H,1-2H3/t17-,22-,23-/m0/s1. The second-order valence-corrected chi connectivity index (χ2v) is 7.40. The first-order chi connectivity index (χ1) is 14.0. The Labute approximate surface area is 169 Å². The van der Waals surface area contributed by atoms with E-state index in [1.54, 1.807) is 12.1 Å². The number of ether oxygens (including phenoxy) is 1. The number of hydrogen-bond donors (Lipinski definition) is 0. The van der Waals surface area contributed by atoms with Gasteiger partial charge in [0.1, 0.15) is 6.10 Å². The first kappa shape index (κ1) is 18.9. The molecule has 0 amide bonds. The lowest BCUT2D eigenvalue weighted by molar-refractivity contribution is -0.384. The monoisotopic (exact) mass is 386 g/mol. The molecule has 3 atom stereocenters. The molecule has 3 aromatic rings. The first-order valence-corrected chi connectivity index (χ1v) is 9.64. The van der Waals surface area contributed by atoms with Crippen molar-refractivity contribution in [2.45, 2.75) is 26.0 Å². The molecule has 0 aliphatic carbocycles. The summed E-state index contributed by atoms with van der Waals surface area (Å²) >= 11 is 0. The Morgan fingerprint density at radius 1 is 0.897 bits per heavy atom. The van der Waals surface area contributed by atoms with Gasteiger partial charge in [-0.25, -0.2) is 4.99 Å². The average molecular weight is 386 g/mol. The zero-order chi connectivity index (χ0) is 20.4. The van der Waals surface area contributed by atoms with Gasteiger partial charge < -0.3 is 4.74 Å². The normalized spacial score (nSPS) is 21.2. The molecular weight excluding hydrogens is 364 g/mol. The highest BCUT2D eigenvalue weighted by atomic mass is 16.6. The van der Waals surface area contributed by atoms with Crippen molar-refractivity contribution in [2.75, 3.05) is 0 Å². The number of nitro benzene ring substituents is 1. The van der Waals surface area contributed by atoms with E-state index in [2.05, 4.69) is 19.1 Å². The molecule has 3 aromatic carbocycles. The molecule has 29 heavy (non-hydrogen) atoms. The van der Waals surface area contributed by atoms with Crippen LogP contribution in [0.1, 0.15) is 41.3 Å². The third-order valence-corrected chi connectivity index (χ3v) is 5.34. The van der Waals surface area contributed by atoms with Crippen LogP contribution in [0.25, 0.3) is 0 Å². The minimum Gasteiger partial charge on any atom is -0.469 e. The van der Waals surface area contributed by atoms with E-state index in [9.17, 15) is 10.1 Å². The van der Waals surface area contributed by atoms with Crippen LogP contribution in [0.5, 0.6) is 0 Å². The summed E-state index contributed by atoms with van der Waals surface area (Å²) in [6, 6.07) is 24.7. The van der Waals surface area contributed by atoms with E-state index < -0.39 is 0 Å². The third kappa shape index (κ3) is 3.90. The lowest BCUT2D eigenvalue weighted by Gasteiger charge is -2.35. The summed E-state index contributed by atoms with van der Waals surface area (Å²) in [5.41, 5.74) is 4.21. The van der Waals surface area contributed by atoms with Gasteiger partial charge in [0.2, 0.25) is 5.90 Å². The molecule has 5 heteroatoms. The van der Waals surface area contributed by atoms with Gasteiger partial charge in [0.25, 0.3) is 5.69 Å². The van der Waals surface area contributed by atoms with Crippen LogP contribution < -0.4 is 0 Å². The first-order valence-electron chi connectivity index (χ1n) is 9.64. The van der Waals surface area contributed by atoms with E-state index in [0.29, 0.717) is 5.90 Å². The minimum absolute atomic E-state index is 0.0630. The summed E-state index contributed by atoms with van der Waals surface area (Å²) in [6.45, 7) is 4.15. The van der Waals surface area contributed by atoms with Crippen molar-refractivity contribution in [3.05, 3.63) is 111 Å². The maximum absolute atomic E-state index is 11.0. The average Bonchev–Trinajstić information content (AvgIpc) is 2.75. The van der Waals surface area contributed by atoms with Gasteiger partial charge in [0.15, 0.2) is 0 Å². The molecule has 1 aliphatic rings. The molecule has 0 unspecified atom stereocenters.